The molecule has 0 radical (unpaired) electrons. The van der Waals surface area contributed by atoms with Crippen LogP contribution in [0.1, 0.15) is 47.2 Å². The molecule has 0 saturated heterocycles. The summed E-state index contributed by atoms with van der Waals surface area (Å²) in [5.41, 5.74) is 6.27. The van der Waals surface area contributed by atoms with Gasteiger partial charge in [-0.3, -0.25) is 19.2 Å². The number of imide groups is 2. The van der Waals surface area contributed by atoms with Gasteiger partial charge < -0.3 is 0 Å². The largest absolute Gasteiger partial charge is 0.269 e. The Balaban J connectivity index is 1.76. The molecular weight excluding hydrogens is 416 g/mol. The number of rotatable bonds is 4. The van der Waals surface area contributed by atoms with Crippen molar-refractivity contribution in [2.75, 3.05) is 9.80 Å². The van der Waals surface area contributed by atoms with Crippen LogP contribution in [0.25, 0.3) is 0 Å². The Morgan fingerprint density at radius 2 is 0.758 bits per heavy atom. The SMILES string of the molecule is Cc1cc(C(C)(C)c2cc(C)c(N3C(=O)C=CC3=O)c(C)c2)cc(C)c1N1C(=O)C=CC1=O. The van der Waals surface area contributed by atoms with Crippen LogP contribution in [-0.4, -0.2) is 23.6 Å². The van der Waals surface area contributed by atoms with E-state index in [9.17, 15) is 19.2 Å². The molecule has 0 spiro atoms. The van der Waals surface area contributed by atoms with E-state index >= 15 is 0 Å². The molecule has 2 heterocycles. The summed E-state index contributed by atoms with van der Waals surface area (Å²) in [7, 11) is 0. The van der Waals surface area contributed by atoms with Crippen molar-refractivity contribution in [1.82, 2.24) is 0 Å². The summed E-state index contributed by atoms with van der Waals surface area (Å²) in [6.07, 6.45) is 5.16. The van der Waals surface area contributed by atoms with Crippen molar-refractivity contribution in [2.45, 2.75) is 47.0 Å². The molecule has 0 aliphatic carbocycles. The normalized spacial score (nSPS) is 16.1. The van der Waals surface area contributed by atoms with E-state index in [1.165, 1.54) is 34.1 Å². The predicted molar refractivity (Wildman–Crippen MR) is 127 cm³/mol. The first-order valence-corrected chi connectivity index (χ1v) is 10.8. The van der Waals surface area contributed by atoms with Gasteiger partial charge in [0, 0.05) is 29.7 Å². The van der Waals surface area contributed by atoms with Crippen molar-refractivity contribution < 1.29 is 19.2 Å². The van der Waals surface area contributed by atoms with E-state index in [1.807, 2.05) is 52.0 Å². The van der Waals surface area contributed by atoms with E-state index in [1.54, 1.807) is 0 Å². The van der Waals surface area contributed by atoms with Gasteiger partial charge in [-0.05, 0) is 61.1 Å². The number of aryl methyl sites for hydroxylation is 4. The summed E-state index contributed by atoms with van der Waals surface area (Å²) in [5.74, 6) is -1.33. The molecule has 2 aromatic rings. The zero-order valence-electron chi connectivity index (χ0n) is 19.6. The second-order valence-electron chi connectivity index (χ2n) is 9.23. The fourth-order valence-corrected chi connectivity index (χ4v) is 4.75. The first kappa shape index (κ1) is 22.4. The number of hydrogen-bond acceptors (Lipinski definition) is 4. The zero-order valence-corrected chi connectivity index (χ0v) is 19.6. The third kappa shape index (κ3) is 3.52. The molecule has 168 valence electrons. The number of benzene rings is 2. The summed E-state index contributed by atoms with van der Waals surface area (Å²) in [4.78, 5) is 51.3. The standard InChI is InChI=1S/C27H26N2O4/c1-15-11-19(12-16(2)25(15)28-21(30)7-8-22(28)31)27(5,6)20-13-17(3)26(18(4)14-20)29-23(32)9-10-24(29)33/h7-14H,1-6H3. The van der Waals surface area contributed by atoms with E-state index in [2.05, 4.69) is 13.8 Å². The number of nitrogens with zero attached hydrogens (tertiary/aromatic N) is 2. The Hall–Kier alpha value is -3.80. The highest BCUT2D eigenvalue weighted by molar-refractivity contribution is 6.29. The molecule has 0 aromatic heterocycles. The summed E-state index contributed by atoms with van der Waals surface area (Å²) in [6.45, 7) is 11.8. The van der Waals surface area contributed by atoms with E-state index in [4.69, 9.17) is 0 Å². The molecule has 2 aliphatic heterocycles. The molecule has 0 N–H and O–H groups in total. The predicted octanol–water partition coefficient (Wildman–Crippen LogP) is 4.10. The lowest BCUT2D eigenvalue weighted by Gasteiger charge is -2.31. The van der Waals surface area contributed by atoms with Crippen LogP contribution in [0.5, 0.6) is 0 Å². The van der Waals surface area contributed by atoms with Gasteiger partial charge in [-0.2, -0.15) is 0 Å². The zero-order chi connectivity index (χ0) is 24.2. The van der Waals surface area contributed by atoms with Crippen LogP contribution in [0.15, 0.2) is 48.6 Å². The maximum Gasteiger partial charge on any atom is 0.258 e. The maximum absolute atomic E-state index is 12.2. The van der Waals surface area contributed by atoms with Gasteiger partial charge in [0.15, 0.2) is 0 Å². The molecule has 2 aliphatic rings. The number of carbonyl (C=O) groups is 4. The van der Waals surface area contributed by atoms with E-state index in [0.29, 0.717) is 11.4 Å². The maximum atomic E-state index is 12.2. The van der Waals surface area contributed by atoms with E-state index < -0.39 is 5.41 Å². The van der Waals surface area contributed by atoms with Gasteiger partial charge in [0.1, 0.15) is 0 Å². The third-order valence-corrected chi connectivity index (χ3v) is 6.49. The third-order valence-electron chi connectivity index (χ3n) is 6.49. The fourth-order valence-electron chi connectivity index (χ4n) is 4.75. The summed E-state index contributed by atoms with van der Waals surface area (Å²) in [6, 6.07) is 8.04. The van der Waals surface area contributed by atoms with Crippen molar-refractivity contribution in [3.63, 3.8) is 0 Å². The molecule has 6 nitrogen and oxygen atoms in total. The number of amides is 4. The van der Waals surface area contributed by atoms with Gasteiger partial charge in [-0.1, -0.05) is 38.1 Å². The first-order valence-electron chi connectivity index (χ1n) is 10.8. The minimum atomic E-state index is -0.406. The molecule has 0 bridgehead atoms. The van der Waals surface area contributed by atoms with Crippen LogP contribution in [-0.2, 0) is 24.6 Å². The quantitative estimate of drug-likeness (QED) is 0.668. The van der Waals surface area contributed by atoms with Crippen LogP contribution in [0.3, 0.4) is 0 Å². The number of anilines is 2. The van der Waals surface area contributed by atoms with Crippen LogP contribution < -0.4 is 9.80 Å². The van der Waals surface area contributed by atoms with Crippen molar-refractivity contribution in [3.8, 4) is 0 Å². The monoisotopic (exact) mass is 442 g/mol. The summed E-state index contributed by atoms with van der Waals surface area (Å²) in [5, 5.41) is 0. The van der Waals surface area contributed by atoms with Crippen molar-refractivity contribution >= 4 is 35.0 Å². The lowest BCUT2D eigenvalue weighted by Crippen LogP contribution is -2.32. The molecule has 0 saturated carbocycles. The van der Waals surface area contributed by atoms with Gasteiger partial charge in [0.2, 0.25) is 0 Å². The minimum absolute atomic E-state index is 0.333. The van der Waals surface area contributed by atoms with E-state index in [0.717, 1.165) is 33.4 Å². The molecular formula is C27H26N2O4. The van der Waals surface area contributed by atoms with Gasteiger partial charge in [-0.15, -0.1) is 0 Å². The van der Waals surface area contributed by atoms with Crippen molar-refractivity contribution in [2.24, 2.45) is 0 Å². The Morgan fingerprint density at radius 1 is 0.515 bits per heavy atom. The Morgan fingerprint density at radius 3 is 1.00 bits per heavy atom. The van der Waals surface area contributed by atoms with Crippen LogP contribution in [0.2, 0.25) is 0 Å². The van der Waals surface area contributed by atoms with Crippen molar-refractivity contribution in [1.29, 1.82) is 0 Å². The highest BCUT2D eigenvalue weighted by Crippen LogP contribution is 2.39. The van der Waals surface area contributed by atoms with Crippen LogP contribution in [0.4, 0.5) is 11.4 Å². The van der Waals surface area contributed by atoms with Crippen molar-refractivity contribution in [3.05, 3.63) is 82.0 Å². The molecule has 4 amide bonds. The lowest BCUT2D eigenvalue weighted by atomic mass is 9.75. The van der Waals surface area contributed by atoms with Gasteiger partial charge in [-0.25, -0.2) is 9.80 Å². The topological polar surface area (TPSA) is 74.8 Å². The molecule has 2 aromatic carbocycles. The minimum Gasteiger partial charge on any atom is -0.269 e. The molecule has 33 heavy (non-hydrogen) atoms. The number of hydrogen-bond donors (Lipinski definition) is 0. The van der Waals surface area contributed by atoms with Crippen LogP contribution in [0, 0.1) is 27.7 Å². The molecule has 0 atom stereocenters. The summed E-state index contributed by atoms with van der Waals surface area (Å²) < 4.78 is 0. The highest BCUT2D eigenvalue weighted by atomic mass is 16.2. The second kappa shape index (κ2) is 7.66. The molecule has 4 rings (SSSR count). The summed E-state index contributed by atoms with van der Waals surface area (Å²) >= 11 is 0. The smallest absolute Gasteiger partial charge is 0.258 e. The average molecular weight is 443 g/mol. The Kier molecular flexibility index (Phi) is 5.20. The first-order chi connectivity index (χ1) is 15.4. The van der Waals surface area contributed by atoms with Crippen LogP contribution >= 0.6 is 0 Å². The Labute approximate surface area is 193 Å². The van der Waals surface area contributed by atoms with Gasteiger partial charge in [0.05, 0.1) is 11.4 Å². The fraction of sp³-hybridized carbons (Fsp3) is 0.259. The highest BCUT2D eigenvalue weighted by Gasteiger charge is 2.32. The number of carbonyl (C=O) groups excluding carboxylic acids is 4. The molecule has 0 unspecified atom stereocenters. The second-order valence-corrected chi connectivity index (χ2v) is 9.23. The lowest BCUT2D eigenvalue weighted by molar-refractivity contribution is -0.121. The van der Waals surface area contributed by atoms with Gasteiger partial charge in [0.25, 0.3) is 23.6 Å². The molecule has 0 fully saturated rings. The Bertz CT molecular complexity index is 1130. The average Bonchev–Trinajstić information content (AvgIpc) is 3.23. The molecule has 6 heteroatoms. The van der Waals surface area contributed by atoms with E-state index in [-0.39, 0.29) is 23.6 Å². The van der Waals surface area contributed by atoms with Gasteiger partial charge >= 0.3 is 0 Å².